The summed E-state index contributed by atoms with van der Waals surface area (Å²) in [5.41, 5.74) is 1.57. The lowest BCUT2D eigenvalue weighted by atomic mass is 10.1. The maximum Gasteiger partial charge on any atom is 0.262 e. The molecule has 1 aliphatic rings. The molecule has 3 rings (SSSR count). The number of hydrogen-bond acceptors (Lipinski definition) is 6. The largest absolute Gasteiger partial charge is 0.326 e. The van der Waals surface area contributed by atoms with Gasteiger partial charge in [0, 0.05) is 24.7 Å². The van der Waals surface area contributed by atoms with E-state index >= 15 is 0 Å². The maximum atomic E-state index is 13.0. The van der Waals surface area contributed by atoms with Crippen molar-refractivity contribution in [3.63, 3.8) is 0 Å². The van der Waals surface area contributed by atoms with Crippen LogP contribution in [0.5, 0.6) is 0 Å². The smallest absolute Gasteiger partial charge is 0.262 e. The van der Waals surface area contributed by atoms with Gasteiger partial charge in [0.1, 0.15) is 0 Å². The quantitative estimate of drug-likeness (QED) is 0.716. The van der Waals surface area contributed by atoms with Crippen molar-refractivity contribution in [2.24, 2.45) is 0 Å². The number of carbonyl (C=O) groups excluding carboxylic acids is 2. The first-order chi connectivity index (χ1) is 13.9. The van der Waals surface area contributed by atoms with E-state index in [1.807, 2.05) is 0 Å². The fourth-order valence-electron chi connectivity index (χ4n) is 3.37. The molecule has 1 heterocycles. The molecule has 1 saturated heterocycles. The summed E-state index contributed by atoms with van der Waals surface area (Å²) < 4.78 is 53.4. The van der Waals surface area contributed by atoms with Crippen LogP contribution in [0.25, 0.3) is 0 Å². The summed E-state index contributed by atoms with van der Waals surface area (Å²) in [7, 11) is -7.73. The topological polar surface area (TPSA) is 130 Å². The van der Waals surface area contributed by atoms with E-state index in [-0.39, 0.29) is 28.7 Å². The summed E-state index contributed by atoms with van der Waals surface area (Å²) >= 11 is 0. The molecule has 30 heavy (non-hydrogen) atoms. The van der Waals surface area contributed by atoms with Crippen molar-refractivity contribution in [1.82, 2.24) is 0 Å². The molecule has 0 radical (unpaired) electrons. The van der Waals surface area contributed by atoms with Gasteiger partial charge in [-0.3, -0.25) is 14.3 Å². The van der Waals surface area contributed by atoms with Crippen LogP contribution in [0.2, 0.25) is 0 Å². The third-order valence-corrected chi connectivity index (χ3v) is 7.86. The standard InChI is InChI=1S/C19H21N3O6S2/c1-12-10-17(22-18(24)8-9-29(22,25)26)11-13(2)19(12)30(27,28)21-16-6-4-15(5-7-16)20-14(3)23/h4-7,10-11,21H,8-9H2,1-3H3,(H,20,23). The molecule has 0 unspecified atom stereocenters. The van der Waals surface area contributed by atoms with Gasteiger partial charge >= 0.3 is 0 Å². The predicted octanol–water partition coefficient (Wildman–Crippen LogP) is 2.13. The Hall–Kier alpha value is -2.92. The highest BCUT2D eigenvalue weighted by molar-refractivity contribution is 7.94. The molecule has 2 N–H and O–H groups in total. The van der Waals surface area contributed by atoms with Crippen LogP contribution in [-0.2, 0) is 29.6 Å². The number of aryl methyl sites for hydroxylation is 2. The Bertz CT molecular complexity index is 1210. The molecule has 1 aliphatic heterocycles. The molecule has 0 saturated carbocycles. The van der Waals surface area contributed by atoms with E-state index in [9.17, 15) is 26.4 Å². The summed E-state index contributed by atoms with van der Waals surface area (Å²) in [6.45, 7) is 4.45. The first-order valence-electron chi connectivity index (χ1n) is 8.98. The van der Waals surface area contributed by atoms with Crippen LogP contribution in [0.1, 0.15) is 24.5 Å². The minimum absolute atomic E-state index is 0.00114. The summed E-state index contributed by atoms with van der Waals surface area (Å²) in [4.78, 5) is 23.1. The zero-order valence-electron chi connectivity index (χ0n) is 16.6. The molecule has 11 heteroatoms. The van der Waals surface area contributed by atoms with Crippen molar-refractivity contribution in [2.45, 2.75) is 32.1 Å². The number of carbonyl (C=O) groups is 2. The minimum atomic E-state index is -3.98. The normalized spacial score (nSPS) is 15.8. The van der Waals surface area contributed by atoms with Crippen LogP contribution < -0.4 is 14.3 Å². The number of nitrogens with one attached hydrogen (secondary N) is 2. The van der Waals surface area contributed by atoms with E-state index in [4.69, 9.17) is 0 Å². The molecule has 9 nitrogen and oxygen atoms in total. The van der Waals surface area contributed by atoms with Crippen molar-refractivity contribution < 1.29 is 26.4 Å². The zero-order chi connectivity index (χ0) is 22.3. The Morgan fingerprint density at radius 2 is 1.57 bits per heavy atom. The average Bonchev–Trinajstić information content (AvgIpc) is 2.87. The lowest BCUT2D eigenvalue weighted by molar-refractivity contribution is -0.116. The number of anilines is 3. The molecule has 0 spiro atoms. The molecule has 2 amide bonds. The molecule has 0 atom stereocenters. The Labute approximate surface area is 175 Å². The summed E-state index contributed by atoms with van der Waals surface area (Å²) in [6.07, 6.45) is -0.101. The Morgan fingerprint density at radius 1 is 1.03 bits per heavy atom. The second-order valence-electron chi connectivity index (χ2n) is 7.00. The number of nitrogens with zero attached hydrogens (tertiary/aromatic N) is 1. The van der Waals surface area contributed by atoms with Crippen molar-refractivity contribution in [3.8, 4) is 0 Å². The van der Waals surface area contributed by atoms with Gasteiger partial charge in [-0.05, 0) is 61.4 Å². The van der Waals surface area contributed by atoms with E-state index < -0.39 is 26.0 Å². The van der Waals surface area contributed by atoms with Crippen molar-refractivity contribution in [3.05, 3.63) is 47.5 Å². The Kier molecular flexibility index (Phi) is 5.61. The van der Waals surface area contributed by atoms with Gasteiger partial charge < -0.3 is 5.32 Å². The number of benzene rings is 2. The van der Waals surface area contributed by atoms with Gasteiger partial charge in [-0.2, -0.15) is 0 Å². The summed E-state index contributed by atoms with van der Waals surface area (Å²) in [5.74, 6) is -1.05. The van der Waals surface area contributed by atoms with Crippen LogP contribution >= 0.6 is 0 Å². The fraction of sp³-hybridized carbons (Fsp3) is 0.263. The van der Waals surface area contributed by atoms with Crippen LogP contribution in [0.3, 0.4) is 0 Å². The summed E-state index contributed by atoms with van der Waals surface area (Å²) in [5, 5.41) is 2.59. The first kappa shape index (κ1) is 21.8. The van der Waals surface area contributed by atoms with Crippen LogP contribution in [0, 0.1) is 13.8 Å². The lowest BCUT2D eigenvalue weighted by Crippen LogP contribution is -2.29. The van der Waals surface area contributed by atoms with Crippen LogP contribution in [0.4, 0.5) is 17.1 Å². The van der Waals surface area contributed by atoms with Crippen molar-refractivity contribution >= 4 is 48.9 Å². The van der Waals surface area contributed by atoms with E-state index in [1.54, 1.807) is 12.1 Å². The van der Waals surface area contributed by atoms with Gasteiger partial charge in [0.05, 0.1) is 16.3 Å². The van der Waals surface area contributed by atoms with E-state index in [1.165, 1.54) is 45.0 Å². The highest BCUT2D eigenvalue weighted by atomic mass is 32.2. The molecule has 1 fully saturated rings. The van der Waals surface area contributed by atoms with E-state index in [0.29, 0.717) is 22.5 Å². The van der Waals surface area contributed by atoms with Gasteiger partial charge in [0.2, 0.25) is 21.8 Å². The number of rotatable bonds is 5. The fourth-order valence-corrected chi connectivity index (χ4v) is 6.33. The van der Waals surface area contributed by atoms with Crippen molar-refractivity contribution in [2.75, 3.05) is 20.1 Å². The number of amides is 2. The highest BCUT2D eigenvalue weighted by Crippen LogP contribution is 2.32. The third-order valence-electron chi connectivity index (χ3n) is 4.48. The van der Waals surface area contributed by atoms with E-state index in [0.717, 1.165) is 4.31 Å². The Balaban J connectivity index is 1.93. The third kappa shape index (κ3) is 4.31. The van der Waals surface area contributed by atoms with E-state index in [2.05, 4.69) is 10.0 Å². The number of hydrogen-bond donors (Lipinski definition) is 2. The summed E-state index contributed by atoms with van der Waals surface area (Å²) in [6, 6.07) is 8.90. The van der Waals surface area contributed by atoms with Gasteiger partial charge in [-0.1, -0.05) is 0 Å². The average molecular weight is 452 g/mol. The molecular weight excluding hydrogens is 430 g/mol. The van der Waals surface area contributed by atoms with Crippen LogP contribution in [-0.4, -0.2) is 34.4 Å². The SMILES string of the molecule is CC(=O)Nc1ccc(NS(=O)(=O)c2c(C)cc(N3C(=O)CCS3(=O)=O)cc2C)cc1. The molecule has 0 bridgehead atoms. The van der Waals surface area contributed by atoms with Crippen molar-refractivity contribution in [1.29, 1.82) is 0 Å². The predicted molar refractivity (Wildman–Crippen MR) is 113 cm³/mol. The monoisotopic (exact) mass is 451 g/mol. The molecule has 2 aromatic rings. The molecule has 2 aromatic carbocycles. The first-order valence-corrected chi connectivity index (χ1v) is 12.1. The maximum absolute atomic E-state index is 13.0. The number of sulfonamides is 2. The lowest BCUT2D eigenvalue weighted by Gasteiger charge is -2.19. The minimum Gasteiger partial charge on any atom is -0.326 e. The molecule has 0 aromatic heterocycles. The Morgan fingerprint density at radius 3 is 2.03 bits per heavy atom. The second kappa shape index (κ2) is 7.73. The molecule has 0 aliphatic carbocycles. The highest BCUT2D eigenvalue weighted by Gasteiger charge is 2.37. The van der Waals surface area contributed by atoms with Gasteiger partial charge in [-0.15, -0.1) is 0 Å². The second-order valence-corrected chi connectivity index (χ2v) is 10.6. The molecular formula is C19H21N3O6S2. The van der Waals surface area contributed by atoms with Gasteiger partial charge in [-0.25, -0.2) is 21.1 Å². The molecule has 160 valence electrons. The van der Waals surface area contributed by atoms with Gasteiger partial charge in [0.15, 0.2) is 0 Å². The van der Waals surface area contributed by atoms with Crippen LogP contribution in [0.15, 0.2) is 41.3 Å². The zero-order valence-corrected chi connectivity index (χ0v) is 18.2. The van der Waals surface area contributed by atoms with Gasteiger partial charge in [0.25, 0.3) is 10.0 Å².